The van der Waals surface area contributed by atoms with E-state index in [1.54, 1.807) is 30.3 Å². The van der Waals surface area contributed by atoms with E-state index in [-0.39, 0.29) is 37.5 Å². The number of rotatable bonds is 11. The Bertz CT molecular complexity index is 1120. The van der Waals surface area contributed by atoms with E-state index >= 15 is 0 Å². The number of ether oxygens (including phenoxy) is 2. The number of hydrogen-bond donors (Lipinski definition) is 1. The SMILES string of the molecule is C=CCOC(=O)[C@@H]1[C@H]2C(=O)N([C@@H](CO)CC(C)C)C(C(=O)N(CC=C)c3ccccc3Cl)C23CC[C@@]1(C)O3. The number of fused-ring (bicyclic) bond motifs is 1. The fraction of sp³-hybridized carbons (Fsp3) is 0.552. The van der Waals surface area contributed by atoms with Crippen molar-refractivity contribution >= 4 is 35.1 Å². The number of carbonyl (C=O) groups excluding carboxylic acids is 3. The molecule has 0 aromatic heterocycles. The molecule has 0 radical (unpaired) electrons. The zero-order valence-electron chi connectivity index (χ0n) is 22.3. The van der Waals surface area contributed by atoms with Crippen molar-refractivity contribution in [1.82, 2.24) is 4.90 Å². The zero-order chi connectivity index (χ0) is 27.8. The molecule has 206 valence electrons. The number of esters is 1. The molecule has 3 saturated heterocycles. The van der Waals surface area contributed by atoms with Crippen LogP contribution < -0.4 is 4.90 Å². The van der Waals surface area contributed by atoms with Gasteiger partial charge in [-0.1, -0.05) is 56.3 Å². The van der Waals surface area contributed by atoms with Crippen molar-refractivity contribution in [3.05, 3.63) is 54.6 Å². The summed E-state index contributed by atoms with van der Waals surface area (Å²) in [4.78, 5) is 45.1. The second-order valence-electron chi connectivity index (χ2n) is 11.0. The van der Waals surface area contributed by atoms with Crippen molar-refractivity contribution in [3.8, 4) is 0 Å². The van der Waals surface area contributed by atoms with Gasteiger partial charge in [-0.05, 0) is 44.2 Å². The summed E-state index contributed by atoms with van der Waals surface area (Å²) in [5.74, 6) is -2.95. The smallest absolute Gasteiger partial charge is 0.313 e. The number of aliphatic hydroxyl groups excluding tert-OH is 1. The zero-order valence-corrected chi connectivity index (χ0v) is 23.0. The van der Waals surface area contributed by atoms with Gasteiger partial charge in [0, 0.05) is 6.54 Å². The van der Waals surface area contributed by atoms with Crippen LogP contribution in [0.5, 0.6) is 0 Å². The summed E-state index contributed by atoms with van der Waals surface area (Å²) in [6.45, 7) is 13.1. The average molecular weight is 545 g/mol. The Morgan fingerprint density at radius 2 is 2.00 bits per heavy atom. The van der Waals surface area contributed by atoms with Crippen molar-refractivity contribution in [3.63, 3.8) is 0 Å². The number of anilines is 1. The van der Waals surface area contributed by atoms with Crippen LogP contribution in [0, 0.1) is 17.8 Å². The van der Waals surface area contributed by atoms with Crippen molar-refractivity contribution in [1.29, 1.82) is 0 Å². The highest BCUT2D eigenvalue weighted by molar-refractivity contribution is 6.34. The molecule has 0 saturated carbocycles. The third-order valence-electron chi connectivity index (χ3n) is 8.11. The van der Waals surface area contributed by atoms with E-state index in [9.17, 15) is 19.5 Å². The van der Waals surface area contributed by atoms with Crippen LogP contribution in [0.1, 0.15) is 40.0 Å². The van der Waals surface area contributed by atoms with Crippen LogP contribution in [0.25, 0.3) is 0 Å². The summed E-state index contributed by atoms with van der Waals surface area (Å²) in [5.41, 5.74) is -1.72. The van der Waals surface area contributed by atoms with Gasteiger partial charge < -0.3 is 24.4 Å². The van der Waals surface area contributed by atoms with Gasteiger partial charge in [-0.25, -0.2) is 0 Å². The lowest BCUT2D eigenvalue weighted by atomic mass is 9.66. The molecule has 1 spiro atoms. The molecule has 1 aromatic carbocycles. The number of carbonyl (C=O) groups is 3. The molecule has 4 rings (SSSR count). The first-order valence-electron chi connectivity index (χ1n) is 13.1. The Morgan fingerprint density at radius 3 is 2.61 bits per heavy atom. The number of benzene rings is 1. The molecular formula is C29H37ClN2O6. The molecule has 3 aliphatic rings. The second kappa shape index (κ2) is 10.8. The topological polar surface area (TPSA) is 96.4 Å². The van der Waals surface area contributed by atoms with E-state index in [0.717, 1.165) is 0 Å². The van der Waals surface area contributed by atoms with Crippen molar-refractivity contribution in [2.75, 3.05) is 24.7 Å². The Balaban J connectivity index is 1.86. The number of hydrogen-bond acceptors (Lipinski definition) is 6. The summed E-state index contributed by atoms with van der Waals surface area (Å²) in [5, 5.41) is 10.8. The maximum atomic E-state index is 14.6. The Morgan fingerprint density at radius 1 is 1.29 bits per heavy atom. The maximum Gasteiger partial charge on any atom is 0.313 e. The van der Waals surface area contributed by atoms with Crippen LogP contribution >= 0.6 is 11.6 Å². The molecular weight excluding hydrogens is 508 g/mol. The Hall–Kier alpha value is -2.68. The van der Waals surface area contributed by atoms with E-state index in [1.165, 1.54) is 15.9 Å². The van der Waals surface area contributed by atoms with Crippen LogP contribution in [-0.2, 0) is 23.9 Å². The lowest BCUT2D eigenvalue weighted by molar-refractivity contribution is -0.159. The molecule has 1 aromatic rings. The highest BCUT2D eigenvalue weighted by Gasteiger charge is 2.79. The third kappa shape index (κ3) is 4.46. The molecule has 8 nitrogen and oxygen atoms in total. The summed E-state index contributed by atoms with van der Waals surface area (Å²) in [6.07, 6.45) is 4.45. The van der Waals surface area contributed by atoms with Crippen LogP contribution in [0.15, 0.2) is 49.6 Å². The van der Waals surface area contributed by atoms with Gasteiger partial charge in [0.15, 0.2) is 0 Å². The summed E-state index contributed by atoms with van der Waals surface area (Å²) in [7, 11) is 0. The van der Waals surface area contributed by atoms with Gasteiger partial charge in [-0.2, -0.15) is 0 Å². The van der Waals surface area contributed by atoms with Crippen molar-refractivity contribution < 1.29 is 29.0 Å². The Labute approximate surface area is 229 Å². The van der Waals surface area contributed by atoms with Gasteiger partial charge in [-0.15, -0.1) is 6.58 Å². The molecule has 1 N–H and O–H groups in total. The predicted molar refractivity (Wildman–Crippen MR) is 145 cm³/mol. The summed E-state index contributed by atoms with van der Waals surface area (Å²) < 4.78 is 12.1. The molecule has 38 heavy (non-hydrogen) atoms. The molecule has 2 unspecified atom stereocenters. The normalized spacial score (nSPS) is 30.3. The van der Waals surface area contributed by atoms with Crippen LogP contribution in [0.4, 0.5) is 5.69 Å². The monoisotopic (exact) mass is 544 g/mol. The fourth-order valence-corrected chi connectivity index (χ4v) is 6.94. The lowest BCUT2D eigenvalue weighted by Gasteiger charge is -2.40. The molecule has 9 heteroatoms. The van der Waals surface area contributed by atoms with Gasteiger partial charge in [0.25, 0.3) is 5.91 Å². The van der Waals surface area contributed by atoms with E-state index < -0.39 is 41.1 Å². The first-order chi connectivity index (χ1) is 18.1. The number of halogens is 1. The highest BCUT2D eigenvalue weighted by atomic mass is 35.5. The van der Waals surface area contributed by atoms with Gasteiger partial charge in [0.1, 0.15) is 24.2 Å². The average Bonchev–Trinajstić information content (AvgIpc) is 3.45. The summed E-state index contributed by atoms with van der Waals surface area (Å²) in [6, 6.07) is 5.29. The minimum absolute atomic E-state index is 0.0115. The molecule has 2 amide bonds. The molecule has 3 fully saturated rings. The van der Waals surface area contributed by atoms with Gasteiger partial charge in [-0.3, -0.25) is 14.4 Å². The van der Waals surface area contributed by atoms with Crippen molar-refractivity contribution in [2.24, 2.45) is 17.8 Å². The van der Waals surface area contributed by atoms with Gasteiger partial charge in [0.05, 0.1) is 34.9 Å². The lowest BCUT2D eigenvalue weighted by Crippen LogP contribution is -2.59. The third-order valence-corrected chi connectivity index (χ3v) is 8.43. The molecule has 3 heterocycles. The highest BCUT2D eigenvalue weighted by Crippen LogP contribution is 2.64. The first kappa shape index (κ1) is 28.3. The van der Waals surface area contributed by atoms with Crippen LogP contribution in [-0.4, -0.2) is 70.8 Å². The standard InChI is InChI=1S/C29H37ClN2O6/c1-6-14-31(21-11-9-8-10-20(21)30)26(35)24-29-13-12-28(5,38-29)23(27(36)37-15-7-2)22(29)25(34)32(24)19(17-33)16-18(3)4/h6-11,18-19,22-24,33H,1-2,12-17H2,3-5H3/t19-,22+,23+,24?,28-,29?/m1/s1. The predicted octanol–water partition coefficient (Wildman–Crippen LogP) is 3.76. The van der Waals surface area contributed by atoms with E-state index in [4.69, 9.17) is 21.1 Å². The molecule has 6 atom stereocenters. The molecule has 0 aliphatic carbocycles. The Kier molecular flexibility index (Phi) is 8.07. The number of nitrogens with zero attached hydrogens (tertiary/aromatic N) is 2. The number of aliphatic hydroxyl groups is 1. The van der Waals surface area contributed by atoms with Crippen LogP contribution in [0.3, 0.4) is 0 Å². The molecule has 3 aliphatic heterocycles. The minimum atomic E-state index is -1.24. The first-order valence-corrected chi connectivity index (χ1v) is 13.5. The molecule has 2 bridgehead atoms. The van der Waals surface area contributed by atoms with E-state index in [2.05, 4.69) is 13.2 Å². The number of amides is 2. The second-order valence-corrected chi connectivity index (χ2v) is 11.5. The fourth-order valence-electron chi connectivity index (χ4n) is 6.70. The minimum Gasteiger partial charge on any atom is -0.461 e. The quantitative estimate of drug-likeness (QED) is 0.336. The van der Waals surface area contributed by atoms with Gasteiger partial charge >= 0.3 is 5.97 Å². The van der Waals surface area contributed by atoms with E-state index in [0.29, 0.717) is 30.0 Å². The van der Waals surface area contributed by atoms with E-state index in [1.807, 2.05) is 20.8 Å². The number of likely N-dealkylation sites (tertiary alicyclic amines) is 1. The van der Waals surface area contributed by atoms with Crippen molar-refractivity contribution in [2.45, 2.75) is 63.3 Å². The van der Waals surface area contributed by atoms with Crippen LogP contribution in [0.2, 0.25) is 5.02 Å². The number of para-hydroxylation sites is 1. The maximum absolute atomic E-state index is 14.6. The van der Waals surface area contributed by atoms with Gasteiger partial charge in [0.2, 0.25) is 5.91 Å². The largest absolute Gasteiger partial charge is 0.461 e. The summed E-state index contributed by atoms with van der Waals surface area (Å²) >= 11 is 6.50.